The van der Waals surface area contributed by atoms with Crippen molar-refractivity contribution in [1.82, 2.24) is 0 Å². The number of benzene rings is 2. The summed E-state index contributed by atoms with van der Waals surface area (Å²) in [6.07, 6.45) is 62.2. The van der Waals surface area contributed by atoms with E-state index in [-0.39, 0.29) is 16.5 Å². The molecule has 2 nitrogen and oxygen atoms in total. The van der Waals surface area contributed by atoms with E-state index in [1.807, 2.05) is 0 Å². The van der Waals surface area contributed by atoms with E-state index < -0.39 is 0 Å². The van der Waals surface area contributed by atoms with Crippen LogP contribution in [0.5, 0.6) is 0 Å². The Kier molecular flexibility index (Phi) is 50.4. The molecule has 1 heterocycles. The molecular formula is C67H116N2Ni. The molecule has 70 heavy (non-hydrogen) atoms. The second-order valence-electron chi connectivity index (χ2n) is 21.1. The fourth-order valence-electron chi connectivity index (χ4n) is 9.77. The third-order valence-electron chi connectivity index (χ3n) is 14.4. The van der Waals surface area contributed by atoms with Crippen molar-refractivity contribution in [3.63, 3.8) is 0 Å². The molecule has 0 saturated carbocycles. The summed E-state index contributed by atoms with van der Waals surface area (Å²) in [5.41, 5.74) is 19.4. The molecule has 0 amide bonds. The summed E-state index contributed by atoms with van der Waals surface area (Å²) in [6, 6.07) is 17.6. The van der Waals surface area contributed by atoms with E-state index in [9.17, 15) is 5.53 Å². The van der Waals surface area contributed by atoms with Crippen LogP contribution in [0.4, 0.5) is 0 Å². The number of aryl methyl sites for hydroxylation is 2. The van der Waals surface area contributed by atoms with Crippen LogP contribution < -0.4 is 0 Å². The summed E-state index contributed by atoms with van der Waals surface area (Å²) >= 11 is 0. The van der Waals surface area contributed by atoms with E-state index in [1.165, 1.54) is 265 Å². The number of hydrogen-bond donors (Lipinski definition) is 0. The summed E-state index contributed by atoms with van der Waals surface area (Å²) in [5, 5.41) is 0. The maximum absolute atomic E-state index is 11.3. The van der Waals surface area contributed by atoms with Gasteiger partial charge in [0.05, 0.1) is 0 Å². The second kappa shape index (κ2) is 51.9. The number of nitrogens with zero attached hydrogens (tertiary/aromatic N) is 2. The van der Waals surface area contributed by atoms with Crippen molar-refractivity contribution in [3.8, 4) is 0 Å². The van der Waals surface area contributed by atoms with E-state index in [0.717, 1.165) is 61.0 Å². The van der Waals surface area contributed by atoms with Gasteiger partial charge >= 0.3 is 16.5 Å². The Hall–Kier alpha value is -1.99. The van der Waals surface area contributed by atoms with Crippen molar-refractivity contribution in [3.05, 3.63) is 102 Å². The van der Waals surface area contributed by atoms with Gasteiger partial charge in [0.2, 0.25) is 11.4 Å². The van der Waals surface area contributed by atoms with Crippen LogP contribution in [0.3, 0.4) is 0 Å². The first-order chi connectivity index (χ1) is 34.0. The van der Waals surface area contributed by atoms with Gasteiger partial charge in [-0.2, -0.15) is 12.8 Å². The Morgan fingerprint density at radius 1 is 0.357 bits per heavy atom. The molecule has 0 unspecified atom stereocenters. The van der Waals surface area contributed by atoms with Crippen LogP contribution >= 0.6 is 0 Å². The van der Waals surface area contributed by atoms with E-state index >= 15 is 0 Å². The van der Waals surface area contributed by atoms with Gasteiger partial charge in [-0.3, -0.25) is 0 Å². The Bertz CT molecular complexity index is 1420. The molecule has 2 aromatic rings. The summed E-state index contributed by atoms with van der Waals surface area (Å²) in [7, 11) is 0. The smallest absolute Gasteiger partial charge is 0.493 e. The standard InChI is InChI=1S/C31H42N2.2C18H37.Ni/c1-4-7-10-12-17-29-24-30(28-18-13-16-26(23-28)14-9-6-3)33(32)31(29)27-21-19-25(20-22-27)15-11-8-5-2;2*1-3-5-7-9-11-13-15-17-18-16-14-12-10-8-6-4-2;/h13,16,18-24H,4-12,14-15,17H2,1-3H3;2*1,3-18H2,2H3;/q;2*-1;+2. The third-order valence-corrected chi connectivity index (χ3v) is 14.4. The van der Waals surface area contributed by atoms with Gasteiger partial charge in [-0.15, -0.1) is 0 Å². The molecule has 0 aliphatic carbocycles. The minimum Gasteiger partial charge on any atom is -0.493 e. The van der Waals surface area contributed by atoms with Crippen molar-refractivity contribution < 1.29 is 21.2 Å². The molecule has 0 atom stereocenters. The van der Waals surface area contributed by atoms with Gasteiger partial charge in [-0.1, -0.05) is 290 Å². The fourth-order valence-corrected chi connectivity index (χ4v) is 9.77. The predicted molar refractivity (Wildman–Crippen MR) is 312 cm³/mol. The molecule has 2 aromatic carbocycles. The fraction of sp³-hybridized carbons (Fsp3) is 0.731. The molecule has 3 heteroatoms. The van der Waals surface area contributed by atoms with Crippen molar-refractivity contribution in [2.75, 3.05) is 0 Å². The molecule has 0 aromatic heterocycles. The Labute approximate surface area is 449 Å². The van der Waals surface area contributed by atoms with Crippen LogP contribution in [-0.4, -0.2) is 4.70 Å². The molecule has 3 rings (SSSR count). The molecule has 0 saturated heterocycles. The largest absolute Gasteiger partial charge is 2.00 e. The number of rotatable bonds is 44. The maximum Gasteiger partial charge on any atom is 2.00 e. The molecule has 404 valence electrons. The van der Waals surface area contributed by atoms with Crippen molar-refractivity contribution in [1.29, 1.82) is 0 Å². The molecule has 1 aliphatic heterocycles. The van der Waals surface area contributed by atoms with Crippen LogP contribution in [0.1, 0.15) is 327 Å². The Morgan fingerprint density at radius 2 is 0.700 bits per heavy atom. The van der Waals surface area contributed by atoms with Gasteiger partial charge in [0, 0.05) is 22.8 Å². The normalized spacial score (nSPS) is 12.1. The SMILES string of the molecule is CCCCCCC1=C(c2ccc(CCCCC)cc2)[N+](=[N-])C(c2cccc(CCCC)c2)=C1.[CH2-]CCCCCCCCCCCCCCCCC.[CH2-]CCCCCCCCCCCCCCCCC.[Ni+2]. The Balaban J connectivity index is 0.00000110. The van der Waals surface area contributed by atoms with Gasteiger partial charge in [0.25, 0.3) is 0 Å². The zero-order valence-electron chi connectivity index (χ0n) is 47.4. The van der Waals surface area contributed by atoms with Crippen LogP contribution in [-0.2, 0) is 29.3 Å². The maximum atomic E-state index is 11.3. The van der Waals surface area contributed by atoms with E-state index in [0.29, 0.717) is 0 Å². The van der Waals surface area contributed by atoms with Gasteiger partial charge in [-0.05, 0) is 73.9 Å². The molecule has 0 radical (unpaired) electrons. The molecule has 0 N–H and O–H groups in total. The number of unbranched alkanes of at least 4 members (excludes halogenated alkanes) is 36. The van der Waals surface area contributed by atoms with Gasteiger partial charge in [-0.25, -0.2) is 4.70 Å². The van der Waals surface area contributed by atoms with Crippen LogP contribution in [0.2, 0.25) is 0 Å². The molecule has 0 fully saturated rings. The molecule has 0 bridgehead atoms. The quantitative estimate of drug-likeness (QED) is 0.0274. The van der Waals surface area contributed by atoms with Crippen LogP contribution in [0, 0.1) is 13.8 Å². The monoisotopic (exact) mass is 1010 g/mol. The van der Waals surface area contributed by atoms with Gasteiger partial charge in [0.1, 0.15) is 0 Å². The number of hydrogen-bond acceptors (Lipinski definition) is 0. The summed E-state index contributed by atoms with van der Waals surface area (Å²) in [4.78, 5) is 0. The van der Waals surface area contributed by atoms with Crippen molar-refractivity contribution in [2.45, 2.75) is 317 Å². The number of allylic oxidation sites excluding steroid dienone is 2. The van der Waals surface area contributed by atoms with E-state index in [2.05, 4.69) is 103 Å². The van der Waals surface area contributed by atoms with E-state index in [4.69, 9.17) is 0 Å². The minimum absolute atomic E-state index is 0. The Morgan fingerprint density at radius 3 is 1.10 bits per heavy atom. The van der Waals surface area contributed by atoms with Crippen molar-refractivity contribution in [2.24, 2.45) is 0 Å². The van der Waals surface area contributed by atoms with Crippen LogP contribution in [0.15, 0.2) is 60.2 Å². The topological polar surface area (TPSA) is 25.3 Å². The summed E-state index contributed by atoms with van der Waals surface area (Å²) < 4.78 is 1.44. The zero-order chi connectivity index (χ0) is 50.1. The van der Waals surface area contributed by atoms with Crippen molar-refractivity contribution >= 4 is 11.4 Å². The minimum atomic E-state index is 0. The first-order valence-corrected chi connectivity index (χ1v) is 30.7. The molecular weight excluding hydrogens is 891 g/mol. The van der Waals surface area contributed by atoms with E-state index in [1.54, 1.807) is 0 Å². The zero-order valence-corrected chi connectivity index (χ0v) is 48.4. The summed E-state index contributed by atoms with van der Waals surface area (Å²) in [5.74, 6) is 0. The average molecular weight is 1010 g/mol. The molecule has 1 aliphatic rings. The molecule has 0 spiro atoms. The second-order valence-corrected chi connectivity index (χ2v) is 21.1. The van der Waals surface area contributed by atoms with Crippen LogP contribution in [0.25, 0.3) is 16.9 Å². The van der Waals surface area contributed by atoms with Gasteiger partial charge in [0.15, 0.2) is 0 Å². The first kappa shape index (κ1) is 68.0. The van der Waals surface area contributed by atoms with Gasteiger partial charge < -0.3 is 19.4 Å². The third kappa shape index (κ3) is 36.9. The predicted octanol–water partition coefficient (Wildman–Crippen LogP) is 23.7. The summed E-state index contributed by atoms with van der Waals surface area (Å²) in [6.45, 7) is 19.1. The average Bonchev–Trinajstić information content (AvgIpc) is 3.70. The first-order valence-electron chi connectivity index (χ1n) is 30.7.